The molecule has 2 N–H and O–H groups in total. The molecule has 2 aromatic rings. The van der Waals surface area contributed by atoms with Crippen molar-refractivity contribution >= 4 is 5.69 Å². The van der Waals surface area contributed by atoms with E-state index in [1.54, 1.807) is 30.3 Å². The highest BCUT2D eigenvalue weighted by molar-refractivity contribution is 5.76. The van der Waals surface area contributed by atoms with Crippen LogP contribution < -0.4 is 5.73 Å². The lowest BCUT2D eigenvalue weighted by Crippen LogP contribution is -2.00. The van der Waals surface area contributed by atoms with E-state index in [0.717, 1.165) is 6.07 Å². The van der Waals surface area contributed by atoms with Crippen LogP contribution in [0.15, 0.2) is 36.4 Å². The van der Waals surface area contributed by atoms with E-state index in [4.69, 9.17) is 5.73 Å². The topological polar surface area (TPSA) is 26.0 Å². The summed E-state index contributed by atoms with van der Waals surface area (Å²) in [6.45, 7) is 0. The molecule has 0 unspecified atom stereocenters. The number of halogens is 3. The van der Waals surface area contributed by atoms with Gasteiger partial charge in [0.15, 0.2) is 17.5 Å². The maximum Gasteiger partial charge on any atom is 0.196 e. The van der Waals surface area contributed by atoms with Gasteiger partial charge in [0, 0.05) is 5.56 Å². The van der Waals surface area contributed by atoms with Gasteiger partial charge in [-0.25, -0.2) is 13.2 Å². The summed E-state index contributed by atoms with van der Waals surface area (Å²) in [6.07, 6.45) is 0. The second kappa shape index (κ2) is 3.89. The number of anilines is 1. The fourth-order valence-corrected chi connectivity index (χ4v) is 1.47. The highest BCUT2D eigenvalue weighted by Crippen LogP contribution is 2.30. The van der Waals surface area contributed by atoms with Gasteiger partial charge in [0.2, 0.25) is 0 Å². The zero-order valence-electron chi connectivity index (χ0n) is 8.18. The van der Waals surface area contributed by atoms with E-state index in [2.05, 4.69) is 0 Å². The summed E-state index contributed by atoms with van der Waals surface area (Å²) in [4.78, 5) is 0. The zero-order valence-corrected chi connectivity index (χ0v) is 8.18. The molecule has 2 rings (SSSR count). The van der Waals surface area contributed by atoms with Crippen LogP contribution in [0.25, 0.3) is 11.1 Å². The number of hydrogen-bond acceptors (Lipinski definition) is 1. The summed E-state index contributed by atoms with van der Waals surface area (Å²) < 4.78 is 39.1. The molecule has 0 saturated heterocycles. The lowest BCUT2D eigenvalue weighted by molar-refractivity contribution is 0.450. The van der Waals surface area contributed by atoms with Crippen molar-refractivity contribution in [2.75, 3.05) is 5.73 Å². The fraction of sp³-hybridized carbons (Fsp3) is 0. The Kier molecular flexibility index (Phi) is 2.56. The molecule has 4 heteroatoms. The monoisotopic (exact) mass is 223 g/mol. The summed E-state index contributed by atoms with van der Waals surface area (Å²) >= 11 is 0. The first-order chi connectivity index (χ1) is 7.61. The molecule has 0 amide bonds. The average molecular weight is 223 g/mol. The van der Waals surface area contributed by atoms with Crippen LogP contribution in [0.2, 0.25) is 0 Å². The van der Waals surface area contributed by atoms with Crippen molar-refractivity contribution in [2.45, 2.75) is 0 Å². The van der Waals surface area contributed by atoms with E-state index in [1.165, 1.54) is 0 Å². The highest BCUT2D eigenvalue weighted by Gasteiger charge is 2.17. The molecule has 0 atom stereocenters. The Morgan fingerprint density at radius 3 is 2.12 bits per heavy atom. The third-order valence-corrected chi connectivity index (χ3v) is 2.28. The van der Waals surface area contributed by atoms with E-state index >= 15 is 0 Å². The molecule has 0 heterocycles. The first-order valence-corrected chi connectivity index (χ1v) is 4.59. The van der Waals surface area contributed by atoms with E-state index in [1.807, 2.05) is 0 Å². The predicted molar refractivity (Wildman–Crippen MR) is 56.2 cm³/mol. The number of nitrogens with two attached hydrogens (primary N) is 1. The smallest absolute Gasteiger partial charge is 0.196 e. The van der Waals surface area contributed by atoms with Gasteiger partial charge in [0.05, 0.1) is 5.69 Å². The van der Waals surface area contributed by atoms with Gasteiger partial charge in [0.1, 0.15) is 0 Å². The van der Waals surface area contributed by atoms with Crippen LogP contribution in [-0.4, -0.2) is 0 Å². The molecular weight excluding hydrogens is 215 g/mol. The van der Waals surface area contributed by atoms with Crippen LogP contribution in [0.1, 0.15) is 0 Å². The van der Waals surface area contributed by atoms with Gasteiger partial charge in [-0.05, 0) is 11.6 Å². The molecule has 82 valence electrons. The van der Waals surface area contributed by atoms with Crippen molar-refractivity contribution in [3.63, 3.8) is 0 Å². The van der Waals surface area contributed by atoms with Crippen LogP contribution in [0, 0.1) is 17.5 Å². The van der Waals surface area contributed by atoms with Crippen LogP contribution in [0.3, 0.4) is 0 Å². The van der Waals surface area contributed by atoms with E-state index in [0.29, 0.717) is 5.56 Å². The van der Waals surface area contributed by atoms with E-state index in [9.17, 15) is 13.2 Å². The Labute approximate surface area is 90.3 Å². The first kappa shape index (κ1) is 10.5. The van der Waals surface area contributed by atoms with Crippen LogP contribution in [0.5, 0.6) is 0 Å². The molecule has 0 spiro atoms. The third kappa shape index (κ3) is 1.62. The third-order valence-electron chi connectivity index (χ3n) is 2.28. The van der Waals surface area contributed by atoms with Crippen molar-refractivity contribution in [3.8, 4) is 11.1 Å². The largest absolute Gasteiger partial charge is 0.396 e. The molecule has 0 aliphatic carbocycles. The Hall–Kier alpha value is -1.97. The van der Waals surface area contributed by atoms with E-state index in [-0.39, 0.29) is 11.3 Å². The molecule has 0 radical (unpaired) electrons. The highest BCUT2D eigenvalue weighted by atomic mass is 19.2. The Balaban J connectivity index is 2.68. The Bertz CT molecular complexity index is 524. The van der Waals surface area contributed by atoms with Crippen molar-refractivity contribution < 1.29 is 13.2 Å². The second-order valence-corrected chi connectivity index (χ2v) is 3.31. The minimum Gasteiger partial charge on any atom is -0.396 e. The van der Waals surface area contributed by atoms with Gasteiger partial charge in [-0.1, -0.05) is 30.3 Å². The Morgan fingerprint density at radius 2 is 1.50 bits per heavy atom. The molecular formula is C12H8F3N. The van der Waals surface area contributed by atoms with Gasteiger partial charge in [0.25, 0.3) is 0 Å². The van der Waals surface area contributed by atoms with Gasteiger partial charge in [-0.3, -0.25) is 0 Å². The van der Waals surface area contributed by atoms with Gasteiger partial charge in [-0.15, -0.1) is 0 Å². The minimum absolute atomic E-state index is 0.150. The van der Waals surface area contributed by atoms with Crippen LogP contribution in [-0.2, 0) is 0 Å². The SMILES string of the molecule is Nc1c(-c2ccccc2)cc(F)c(F)c1F. The number of rotatable bonds is 1. The molecule has 0 fully saturated rings. The zero-order chi connectivity index (χ0) is 11.7. The number of hydrogen-bond donors (Lipinski definition) is 1. The summed E-state index contributed by atoms with van der Waals surface area (Å²) in [7, 11) is 0. The first-order valence-electron chi connectivity index (χ1n) is 4.59. The standard InChI is InChI=1S/C12H8F3N/c13-9-6-8(7-4-2-1-3-5-7)12(16)11(15)10(9)14/h1-6H,16H2. The fourth-order valence-electron chi connectivity index (χ4n) is 1.47. The number of nitrogen functional groups attached to an aromatic ring is 1. The van der Waals surface area contributed by atoms with Gasteiger partial charge >= 0.3 is 0 Å². The van der Waals surface area contributed by atoms with Crippen molar-refractivity contribution in [3.05, 3.63) is 53.8 Å². The molecule has 0 saturated carbocycles. The maximum absolute atomic E-state index is 13.2. The summed E-state index contributed by atoms with van der Waals surface area (Å²) in [6, 6.07) is 9.34. The lowest BCUT2D eigenvalue weighted by atomic mass is 10.0. The minimum atomic E-state index is -1.54. The lowest BCUT2D eigenvalue weighted by Gasteiger charge is -2.08. The maximum atomic E-state index is 13.2. The summed E-state index contributed by atoms with van der Waals surface area (Å²) in [5.41, 5.74) is 5.71. The molecule has 16 heavy (non-hydrogen) atoms. The molecule has 0 bridgehead atoms. The van der Waals surface area contributed by atoms with Crippen molar-refractivity contribution in [1.29, 1.82) is 0 Å². The Morgan fingerprint density at radius 1 is 0.875 bits per heavy atom. The summed E-state index contributed by atoms with van der Waals surface area (Å²) in [5.74, 6) is -4.14. The normalized spacial score (nSPS) is 10.4. The predicted octanol–water partition coefficient (Wildman–Crippen LogP) is 3.35. The van der Waals surface area contributed by atoms with Gasteiger partial charge < -0.3 is 5.73 Å². The van der Waals surface area contributed by atoms with Crippen LogP contribution >= 0.6 is 0 Å². The quantitative estimate of drug-likeness (QED) is 0.582. The molecule has 1 nitrogen and oxygen atoms in total. The molecule has 2 aromatic carbocycles. The summed E-state index contributed by atoms with van der Waals surface area (Å²) in [5, 5.41) is 0. The van der Waals surface area contributed by atoms with Gasteiger partial charge in [-0.2, -0.15) is 0 Å². The molecule has 0 aliphatic heterocycles. The molecule has 0 aromatic heterocycles. The average Bonchev–Trinajstić information content (AvgIpc) is 2.32. The van der Waals surface area contributed by atoms with E-state index < -0.39 is 17.5 Å². The molecule has 0 aliphatic rings. The van der Waals surface area contributed by atoms with Crippen molar-refractivity contribution in [2.24, 2.45) is 0 Å². The second-order valence-electron chi connectivity index (χ2n) is 3.31. The van der Waals surface area contributed by atoms with Crippen molar-refractivity contribution in [1.82, 2.24) is 0 Å². The number of benzene rings is 2. The van der Waals surface area contributed by atoms with Crippen LogP contribution in [0.4, 0.5) is 18.9 Å².